The molecular formula is C18H28N2. The Hall–Kier alpha value is -1.18. The Bertz CT molecular complexity index is 465. The summed E-state index contributed by atoms with van der Waals surface area (Å²) in [4.78, 5) is 2.62. The van der Waals surface area contributed by atoms with Gasteiger partial charge in [-0.3, -0.25) is 0 Å². The molecule has 0 amide bonds. The number of nitrogens with zero attached hydrogens (tertiary/aromatic N) is 1. The molecule has 0 saturated carbocycles. The second-order valence-corrected chi connectivity index (χ2v) is 7.46. The van der Waals surface area contributed by atoms with E-state index >= 15 is 0 Å². The maximum absolute atomic E-state index is 3.55. The van der Waals surface area contributed by atoms with Gasteiger partial charge in [-0.25, -0.2) is 0 Å². The Labute approximate surface area is 123 Å². The second kappa shape index (κ2) is 5.31. The molecule has 2 nitrogen and oxygen atoms in total. The first-order valence-electron chi connectivity index (χ1n) is 8.16. The molecular weight excluding hydrogens is 244 g/mol. The molecule has 2 aliphatic rings. The first-order chi connectivity index (χ1) is 9.55. The lowest BCUT2D eigenvalue weighted by Crippen LogP contribution is -2.38. The van der Waals surface area contributed by atoms with E-state index in [0.29, 0.717) is 5.41 Å². The fourth-order valence-electron chi connectivity index (χ4n) is 3.77. The van der Waals surface area contributed by atoms with Crippen molar-refractivity contribution in [2.24, 2.45) is 11.3 Å². The molecule has 2 aliphatic heterocycles. The van der Waals surface area contributed by atoms with Crippen molar-refractivity contribution in [3.63, 3.8) is 0 Å². The SMILES string of the molecule is CC(C)(C)C1CCN(c2cccc3c2CCCN3)CC1. The highest BCUT2D eigenvalue weighted by Gasteiger charge is 2.29. The molecule has 0 unspecified atom stereocenters. The van der Waals surface area contributed by atoms with E-state index in [-0.39, 0.29) is 0 Å². The Morgan fingerprint density at radius 3 is 2.60 bits per heavy atom. The zero-order chi connectivity index (χ0) is 14.2. The molecule has 1 aromatic carbocycles. The second-order valence-electron chi connectivity index (χ2n) is 7.46. The van der Waals surface area contributed by atoms with Crippen molar-refractivity contribution in [3.05, 3.63) is 23.8 Å². The van der Waals surface area contributed by atoms with E-state index in [0.717, 1.165) is 12.5 Å². The monoisotopic (exact) mass is 272 g/mol. The molecule has 110 valence electrons. The van der Waals surface area contributed by atoms with Crippen LogP contribution in [0.15, 0.2) is 18.2 Å². The van der Waals surface area contributed by atoms with E-state index in [4.69, 9.17) is 0 Å². The van der Waals surface area contributed by atoms with Crippen molar-refractivity contribution in [2.75, 3.05) is 29.9 Å². The van der Waals surface area contributed by atoms with E-state index in [1.54, 1.807) is 5.56 Å². The van der Waals surface area contributed by atoms with Crippen molar-refractivity contribution < 1.29 is 0 Å². The molecule has 0 aromatic heterocycles. The van der Waals surface area contributed by atoms with Gasteiger partial charge in [0.15, 0.2) is 0 Å². The van der Waals surface area contributed by atoms with Crippen LogP contribution in [0, 0.1) is 11.3 Å². The summed E-state index contributed by atoms with van der Waals surface area (Å²) in [5, 5.41) is 3.55. The number of hydrogen-bond acceptors (Lipinski definition) is 2. The van der Waals surface area contributed by atoms with Crippen LogP contribution >= 0.6 is 0 Å². The zero-order valence-corrected chi connectivity index (χ0v) is 13.2. The highest BCUT2D eigenvalue weighted by molar-refractivity contribution is 5.68. The summed E-state index contributed by atoms with van der Waals surface area (Å²) in [5.74, 6) is 0.872. The van der Waals surface area contributed by atoms with Crippen molar-refractivity contribution in [1.82, 2.24) is 0 Å². The number of nitrogens with one attached hydrogen (secondary N) is 1. The van der Waals surface area contributed by atoms with Gasteiger partial charge in [-0.2, -0.15) is 0 Å². The normalized spacial score (nSPS) is 20.4. The molecule has 2 heteroatoms. The summed E-state index contributed by atoms with van der Waals surface area (Å²) in [6.07, 6.45) is 5.17. The summed E-state index contributed by atoms with van der Waals surface area (Å²) in [6, 6.07) is 6.77. The summed E-state index contributed by atoms with van der Waals surface area (Å²) in [6.45, 7) is 10.7. The van der Waals surface area contributed by atoms with Crippen LogP contribution < -0.4 is 10.2 Å². The van der Waals surface area contributed by atoms with Crippen molar-refractivity contribution in [3.8, 4) is 0 Å². The maximum Gasteiger partial charge on any atom is 0.0419 e. The van der Waals surface area contributed by atoms with E-state index in [2.05, 4.69) is 49.2 Å². The number of rotatable bonds is 1. The van der Waals surface area contributed by atoms with Crippen LogP contribution in [0.3, 0.4) is 0 Å². The molecule has 3 rings (SSSR count). The summed E-state index contributed by atoms with van der Waals surface area (Å²) in [7, 11) is 0. The average molecular weight is 272 g/mol. The van der Waals surface area contributed by atoms with Gasteiger partial charge in [0.2, 0.25) is 0 Å². The molecule has 1 fully saturated rings. The van der Waals surface area contributed by atoms with Gasteiger partial charge >= 0.3 is 0 Å². The maximum atomic E-state index is 3.55. The van der Waals surface area contributed by atoms with Crippen LogP contribution in [0.5, 0.6) is 0 Å². The molecule has 0 bridgehead atoms. The van der Waals surface area contributed by atoms with Gasteiger partial charge < -0.3 is 10.2 Å². The van der Waals surface area contributed by atoms with Crippen LogP contribution in [-0.2, 0) is 6.42 Å². The molecule has 1 N–H and O–H groups in total. The van der Waals surface area contributed by atoms with Crippen LogP contribution in [0.25, 0.3) is 0 Å². The Kier molecular flexibility index (Phi) is 3.66. The van der Waals surface area contributed by atoms with Gasteiger partial charge in [0.05, 0.1) is 0 Å². The minimum atomic E-state index is 0.462. The van der Waals surface area contributed by atoms with Crippen molar-refractivity contribution in [2.45, 2.75) is 46.5 Å². The van der Waals surface area contributed by atoms with Crippen LogP contribution in [-0.4, -0.2) is 19.6 Å². The summed E-state index contributed by atoms with van der Waals surface area (Å²) >= 11 is 0. The third kappa shape index (κ3) is 2.65. The van der Waals surface area contributed by atoms with Gasteiger partial charge in [0, 0.05) is 31.0 Å². The van der Waals surface area contributed by atoms with Gasteiger partial charge in [-0.1, -0.05) is 26.8 Å². The molecule has 0 aliphatic carbocycles. The average Bonchev–Trinajstić information content (AvgIpc) is 2.46. The molecule has 2 heterocycles. The quantitative estimate of drug-likeness (QED) is 0.819. The lowest BCUT2D eigenvalue weighted by Gasteiger charge is -2.40. The smallest absolute Gasteiger partial charge is 0.0419 e. The van der Waals surface area contributed by atoms with Crippen LogP contribution in [0.1, 0.15) is 45.6 Å². The van der Waals surface area contributed by atoms with Crippen molar-refractivity contribution in [1.29, 1.82) is 0 Å². The Morgan fingerprint density at radius 2 is 1.90 bits per heavy atom. The highest BCUT2D eigenvalue weighted by Crippen LogP contribution is 2.38. The number of hydrogen-bond donors (Lipinski definition) is 1. The third-order valence-electron chi connectivity index (χ3n) is 5.13. The topological polar surface area (TPSA) is 15.3 Å². The predicted octanol–water partition coefficient (Wildman–Crippen LogP) is 4.31. The lowest BCUT2D eigenvalue weighted by atomic mass is 9.75. The van der Waals surface area contributed by atoms with Gasteiger partial charge in [-0.05, 0) is 54.7 Å². The number of benzene rings is 1. The molecule has 0 atom stereocenters. The number of anilines is 2. The van der Waals surface area contributed by atoms with E-state index in [1.807, 2.05) is 0 Å². The van der Waals surface area contributed by atoms with Crippen LogP contribution in [0.4, 0.5) is 11.4 Å². The third-order valence-corrected chi connectivity index (χ3v) is 5.13. The molecule has 1 aromatic rings. The minimum Gasteiger partial charge on any atom is -0.385 e. The lowest BCUT2D eigenvalue weighted by molar-refractivity contribution is 0.199. The molecule has 20 heavy (non-hydrogen) atoms. The van der Waals surface area contributed by atoms with E-state index in [9.17, 15) is 0 Å². The predicted molar refractivity (Wildman–Crippen MR) is 87.6 cm³/mol. The molecule has 0 spiro atoms. The first-order valence-corrected chi connectivity index (χ1v) is 8.16. The molecule has 0 radical (unpaired) electrons. The Balaban J connectivity index is 1.76. The zero-order valence-electron chi connectivity index (χ0n) is 13.2. The molecule has 1 saturated heterocycles. The largest absolute Gasteiger partial charge is 0.385 e. The fraction of sp³-hybridized carbons (Fsp3) is 0.667. The fourth-order valence-corrected chi connectivity index (χ4v) is 3.77. The highest BCUT2D eigenvalue weighted by atomic mass is 15.1. The summed E-state index contributed by atoms with van der Waals surface area (Å²) < 4.78 is 0. The standard InChI is InChI=1S/C18H28N2/c1-18(2,3)14-9-12-20(13-10-14)17-8-4-7-16-15(17)6-5-11-19-16/h4,7-8,14,19H,5-6,9-13H2,1-3H3. The van der Waals surface area contributed by atoms with Gasteiger partial charge in [0.1, 0.15) is 0 Å². The van der Waals surface area contributed by atoms with Crippen molar-refractivity contribution >= 4 is 11.4 Å². The minimum absolute atomic E-state index is 0.462. The first kappa shape index (κ1) is 13.8. The van der Waals surface area contributed by atoms with E-state index in [1.165, 1.54) is 50.1 Å². The van der Waals surface area contributed by atoms with Gasteiger partial charge in [0.25, 0.3) is 0 Å². The van der Waals surface area contributed by atoms with E-state index < -0.39 is 0 Å². The number of piperidine rings is 1. The number of fused-ring (bicyclic) bond motifs is 1. The van der Waals surface area contributed by atoms with Gasteiger partial charge in [-0.15, -0.1) is 0 Å². The summed E-state index contributed by atoms with van der Waals surface area (Å²) in [5.41, 5.74) is 4.87. The van der Waals surface area contributed by atoms with Crippen LogP contribution in [0.2, 0.25) is 0 Å². The Morgan fingerprint density at radius 1 is 1.15 bits per heavy atom.